The predicted octanol–water partition coefficient (Wildman–Crippen LogP) is 7.04. The molecule has 0 aromatic heterocycles. The van der Waals surface area contributed by atoms with Crippen molar-refractivity contribution in [3.05, 3.63) is 47.5 Å². The maximum absolute atomic E-state index is 13.9. The molecular formula is C23H29F2N. The molecule has 2 saturated carbocycles. The lowest BCUT2D eigenvalue weighted by molar-refractivity contribution is 0.157. The van der Waals surface area contributed by atoms with E-state index in [1.54, 1.807) is 18.2 Å². The van der Waals surface area contributed by atoms with Crippen LogP contribution in [0.5, 0.6) is 0 Å². The second-order valence-electron chi connectivity index (χ2n) is 8.18. The molecule has 0 amide bonds. The summed E-state index contributed by atoms with van der Waals surface area (Å²) >= 11 is 0. The zero-order chi connectivity index (χ0) is 18.4. The number of nitrogens with zero attached hydrogens (tertiary/aromatic N) is 1. The van der Waals surface area contributed by atoms with E-state index in [1.807, 2.05) is 12.1 Å². The van der Waals surface area contributed by atoms with Crippen molar-refractivity contribution in [3.8, 4) is 6.07 Å². The summed E-state index contributed by atoms with van der Waals surface area (Å²) in [6.07, 6.45) is 14.3. The summed E-state index contributed by atoms with van der Waals surface area (Å²) in [7, 11) is 0. The summed E-state index contributed by atoms with van der Waals surface area (Å²) in [6.45, 7) is 0. The molecule has 0 radical (unpaired) electrons. The van der Waals surface area contributed by atoms with Gasteiger partial charge in [-0.1, -0.05) is 25.0 Å². The summed E-state index contributed by atoms with van der Waals surface area (Å²) in [4.78, 5) is 0. The number of benzene rings is 1. The third-order valence-corrected chi connectivity index (χ3v) is 6.75. The highest BCUT2D eigenvalue weighted by Gasteiger charge is 2.31. The van der Waals surface area contributed by atoms with Crippen LogP contribution in [-0.2, 0) is 0 Å². The summed E-state index contributed by atoms with van der Waals surface area (Å²) in [5.41, 5.74) is 1.20. The van der Waals surface area contributed by atoms with Gasteiger partial charge in [-0.3, -0.25) is 0 Å². The standard InChI is InChI=1S/C23H29F2N/c24-14-2-1-3-17-4-6-18(7-5-17)19-8-10-20(11-9-19)21-12-13-22(16-26)23(25)15-21/h2,12-15,17-20H,1,3-11H2/b14-2+/t17-,18-,19?,20?. The van der Waals surface area contributed by atoms with Gasteiger partial charge in [0.05, 0.1) is 11.9 Å². The number of hydrogen-bond donors (Lipinski definition) is 0. The van der Waals surface area contributed by atoms with E-state index in [2.05, 4.69) is 0 Å². The highest BCUT2D eigenvalue weighted by molar-refractivity contribution is 5.34. The minimum Gasteiger partial charge on any atom is -0.216 e. The van der Waals surface area contributed by atoms with Crippen LogP contribution in [0.4, 0.5) is 8.78 Å². The highest BCUT2D eigenvalue weighted by Crippen LogP contribution is 2.44. The van der Waals surface area contributed by atoms with Gasteiger partial charge in [-0.15, -0.1) is 0 Å². The van der Waals surface area contributed by atoms with Gasteiger partial charge in [0.25, 0.3) is 0 Å². The lowest BCUT2D eigenvalue weighted by atomic mass is 9.68. The maximum atomic E-state index is 13.9. The van der Waals surface area contributed by atoms with E-state index in [0.29, 0.717) is 12.2 Å². The summed E-state index contributed by atoms with van der Waals surface area (Å²) in [6, 6.07) is 7.02. The number of allylic oxidation sites excluding steroid dienone is 1. The number of rotatable bonds is 5. The molecule has 0 unspecified atom stereocenters. The Hall–Kier alpha value is -1.69. The zero-order valence-electron chi connectivity index (χ0n) is 15.5. The average Bonchev–Trinajstić information content (AvgIpc) is 2.69. The van der Waals surface area contributed by atoms with Crippen LogP contribution in [0.1, 0.15) is 81.3 Å². The molecule has 26 heavy (non-hydrogen) atoms. The van der Waals surface area contributed by atoms with Crippen LogP contribution in [0.2, 0.25) is 0 Å². The van der Waals surface area contributed by atoms with Crippen LogP contribution < -0.4 is 0 Å². The smallest absolute Gasteiger partial charge is 0.141 e. The van der Waals surface area contributed by atoms with Crippen LogP contribution in [0.15, 0.2) is 30.6 Å². The van der Waals surface area contributed by atoms with E-state index in [9.17, 15) is 8.78 Å². The number of halogens is 2. The van der Waals surface area contributed by atoms with Gasteiger partial charge in [0.1, 0.15) is 11.9 Å². The van der Waals surface area contributed by atoms with E-state index >= 15 is 0 Å². The summed E-state index contributed by atoms with van der Waals surface area (Å²) in [5, 5.41) is 8.87. The van der Waals surface area contributed by atoms with Gasteiger partial charge in [-0.05, 0) is 92.7 Å². The molecule has 1 nitrogen and oxygen atoms in total. The summed E-state index contributed by atoms with van der Waals surface area (Å²) in [5.74, 6) is 2.51. The van der Waals surface area contributed by atoms with E-state index < -0.39 is 0 Å². The molecule has 0 spiro atoms. The zero-order valence-corrected chi connectivity index (χ0v) is 15.5. The fourth-order valence-corrected chi connectivity index (χ4v) is 5.14. The van der Waals surface area contributed by atoms with Crippen LogP contribution in [0.3, 0.4) is 0 Å². The van der Waals surface area contributed by atoms with Gasteiger partial charge >= 0.3 is 0 Å². The van der Waals surface area contributed by atoms with Crippen molar-refractivity contribution in [2.75, 3.05) is 0 Å². The Morgan fingerprint density at radius 1 is 1.00 bits per heavy atom. The van der Waals surface area contributed by atoms with Crippen LogP contribution >= 0.6 is 0 Å². The Balaban J connectivity index is 1.46. The van der Waals surface area contributed by atoms with Gasteiger partial charge in [0.2, 0.25) is 0 Å². The van der Waals surface area contributed by atoms with E-state index in [4.69, 9.17) is 5.26 Å². The molecule has 0 N–H and O–H groups in total. The Morgan fingerprint density at radius 3 is 2.23 bits per heavy atom. The van der Waals surface area contributed by atoms with Crippen molar-refractivity contribution in [1.82, 2.24) is 0 Å². The van der Waals surface area contributed by atoms with Crippen molar-refractivity contribution in [3.63, 3.8) is 0 Å². The third kappa shape index (κ3) is 4.72. The fraction of sp³-hybridized carbons (Fsp3) is 0.609. The molecule has 3 rings (SSSR count). The van der Waals surface area contributed by atoms with Crippen molar-refractivity contribution >= 4 is 0 Å². The van der Waals surface area contributed by atoms with E-state index in [1.165, 1.54) is 38.5 Å². The van der Waals surface area contributed by atoms with E-state index in [-0.39, 0.29) is 11.4 Å². The van der Waals surface area contributed by atoms with Crippen LogP contribution in [-0.4, -0.2) is 0 Å². The Bertz CT molecular complexity index is 645. The first-order valence-corrected chi connectivity index (χ1v) is 10.2. The average molecular weight is 357 g/mol. The van der Waals surface area contributed by atoms with Gasteiger partial charge in [0, 0.05) is 0 Å². The van der Waals surface area contributed by atoms with Crippen molar-refractivity contribution < 1.29 is 8.78 Å². The molecule has 0 bridgehead atoms. The molecule has 140 valence electrons. The van der Waals surface area contributed by atoms with Gasteiger partial charge in [0.15, 0.2) is 0 Å². The van der Waals surface area contributed by atoms with Crippen molar-refractivity contribution in [2.45, 2.75) is 70.1 Å². The lowest BCUT2D eigenvalue weighted by Crippen LogP contribution is -2.25. The number of nitriles is 1. The molecule has 1 aromatic carbocycles. The molecule has 0 heterocycles. The molecular weight excluding hydrogens is 328 g/mol. The number of hydrogen-bond acceptors (Lipinski definition) is 1. The van der Waals surface area contributed by atoms with E-state index in [0.717, 1.165) is 49.0 Å². The first kappa shape index (κ1) is 19.1. The minimum atomic E-state index is -0.381. The first-order chi connectivity index (χ1) is 12.7. The Morgan fingerprint density at radius 2 is 1.65 bits per heavy atom. The Labute approximate surface area is 156 Å². The second kappa shape index (κ2) is 9.31. The molecule has 3 heteroatoms. The molecule has 0 atom stereocenters. The highest BCUT2D eigenvalue weighted by atomic mass is 19.1. The molecule has 2 aliphatic carbocycles. The summed E-state index contributed by atoms with van der Waals surface area (Å²) < 4.78 is 25.9. The lowest BCUT2D eigenvalue weighted by Gasteiger charge is -2.38. The van der Waals surface area contributed by atoms with Gasteiger partial charge in [-0.2, -0.15) is 5.26 Å². The Kier molecular flexibility index (Phi) is 6.83. The predicted molar refractivity (Wildman–Crippen MR) is 101 cm³/mol. The fourth-order valence-electron chi connectivity index (χ4n) is 5.14. The van der Waals surface area contributed by atoms with Crippen molar-refractivity contribution in [1.29, 1.82) is 5.26 Å². The van der Waals surface area contributed by atoms with Crippen molar-refractivity contribution in [2.24, 2.45) is 17.8 Å². The molecule has 2 fully saturated rings. The monoisotopic (exact) mass is 357 g/mol. The van der Waals surface area contributed by atoms with Crippen LogP contribution in [0.25, 0.3) is 0 Å². The topological polar surface area (TPSA) is 23.8 Å². The second-order valence-corrected chi connectivity index (χ2v) is 8.18. The largest absolute Gasteiger partial charge is 0.216 e. The SMILES string of the molecule is N#Cc1ccc(C2CCC([C@H]3CC[C@H](CC/C=C/F)CC3)CC2)cc1F. The molecule has 0 saturated heterocycles. The molecule has 0 aliphatic heterocycles. The quantitative estimate of drug-likeness (QED) is 0.554. The van der Waals surface area contributed by atoms with Gasteiger partial charge in [-0.25, -0.2) is 8.78 Å². The molecule has 2 aliphatic rings. The van der Waals surface area contributed by atoms with Crippen LogP contribution in [0, 0.1) is 34.9 Å². The van der Waals surface area contributed by atoms with Gasteiger partial charge < -0.3 is 0 Å². The maximum Gasteiger partial charge on any atom is 0.141 e. The third-order valence-electron chi connectivity index (χ3n) is 6.75. The first-order valence-electron chi connectivity index (χ1n) is 10.2. The minimum absolute atomic E-state index is 0.140. The normalized spacial score (nSPS) is 29.6. The molecule has 1 aromatic rings.